The van der Waals surface area contributed by atoms with Crippen LogP contribution in [0.5, 0.6) is 0 Å². The van der Waals surface area contributed by atoms with E-state index in [9.17, 15) is 9.59 Å². The molecule has 1 amide bonds. The van der Waals surface area contributed by atoms with Gasteiger partial charge < -0.3 is 10.1 Å². The number of carbonyl (C=O) groups is 2. The van der Waals surface area contributed by atoms with E-state index in [1.165, 1.54) is 18.6 Å². The van der Waals surface area contributed by atoms with Crippen LogP contribution in [0.2, 0.25) is 0 Å². The van der Waals surface area contributed by atoms with Gasteiger partial charge in [0.1, 0.15) is 0 Å². The summed E-state index contributed by atoms with van der Waals surface area (Å²) in [6.07, 6.45) is 6.46. The third-order valence-corrected chi connectivity index (χ3v) is 2.82. The first-order valence-electron chi connectivity index (χ1n) is 5.89. The first-order valence-corrected chi connectivity index (χ1v) is 5.89. The molecule has 0 aromatic carbocycles. The van der Waals surface area contributed by atoms with Crippen molar-refractivity contribution in [2.45, 2.75) is 25.8 Å². The SMILES string of the molecule is C[C@@H](NC(=O)COC(=O)c1cnccn1)C1CC1. The second-order valence-electron chi connectivity index (χ2n) is 4.36. The maximum atomic E-state index is 11.5. The average Bonchev–Trinajstić information content (AvgIpc) is 3.21. The first-order chi connectivity index (χ1) is 8.66. The number of aromatic nitrogens is 2. The minimum absolute atomic E-state index is 0.0977. The maximum Gasteiger partial charge on any atom is 0.359 e. The van der Waals surface area contributed by atoms with Crippen LogP contribution in [0.4, 0.5) is 0 Å². The molecule has 1 aliphatic carbocycles. The molecule has 0 aliphatic heterocycles. The van der Waals surface area contributed by atoms with Crippen LogP contribution in [-0.2, 0) is 9.53 Å². The molecule has 1 aromatic heterocycles. The van der Waals surface area contributed by atoms with Crippen LogP contribution in [0.25, 0.3) is 0 Å². The van der Waals surface area contributed by atoms with E-state index >= 15 is 0 Å². The number of carbonyl (C=O) groups excluding carboxylic acids is 2. The zero-order chi connectivity index (χ0) is 13.0. The third-order valence-electron chi connectivity index (χ3n) is 2.82. The highest BCUT2D eigenvalue weighted by Gasteiger charge is 2.29. The molecular weight excluding hydrogens is 234 g/mol. The highest BCUT2D eigenvalue weighted by molar-refractivity contribution is 5.89. The monoisotopic (exact) mass is 249 g/mol. The number of hydrogen-bond donors (Lipinski definition) is 1. The lowest BCUT2D eigenvalue weighted by molar-refractivity contribution is -0.125. The third kappa shape index (κ3) is 3.51. The largest absolute Gasteiger partial charge is 0.451 e. The predicted octanol–water partition coefficient (Wildman–Crippen LogP) is 0.548. The van der Waals surface area contributed by atoms with Crippen molar-refractivity contribution in [3.63, 3.8) is 0 Å². The van der Waals surface area contributed by atoms with Gasteiger partial charge in [-0.15, -0.1) is 0 Å². The van der Waals surface area contributed by atoms with Crippen LogP contribution >= 0.6 is 0 Å². The van der Waals surface area contributed by atoms with E-state index in [0.29, 0.717) is 5.92 Å². The lowest BCUT2D eigenvalue weighted by atomic mass is 10.2. The molecule has 0 spiro atoms. The fourth-order valence-corrected chi connectivity index (χ4v) is 1.62. The van der Waals surface area contributed by atoms with Gasteiger partial charge >= 0.3 is 5.97 Å². The van der Waals surface area contributed by atoms with Crippen LogP contribution in [-0.4, -0.2) is 34.5 Å². The Morgan fingerprint density at radius 1 is 1.50 bits per heavy atom. The van der Waals surface area contributed by atoms with Crippen LogP contribution in [0.15, 0.2) is 18.6 Å². The average molecular weight is 249 g/mol. The van der Waals surface area contributed by atoms with Gasteiger partial charge in [-0.2, -0.15) is 0 Å². The van der Waals surface area contributed by atoms with Crippen LogP contribution in [0, 0.1) is 5.92 Å². The number of ether oxygens (including phenoxy) is 1. The lowest BCUT2D eigenvalue weighted by Crippen LogP contribution is -2.37. The molecule has 0 radical (unpaired) electrons. The van der Waals surface area contributed by atoms with E-state index in [0.717, 1.165) is 12.8 Å². The van der Waals surface area contributed by atoms with Gasteiger partial charge in [0.25, 0.3) is 5.91 Å². The Labute approximate surface area is 105 Å². The smallest absolute Gasteiger partial charge is 0.359 e. The molecule has 1 heterocycles. The van der Waals surface area contributed by atoms with Gasteiger partial charge in [-0.05, 0) is 25.7 Å². The summed E-state index contributed by atoms with van der Waals surface area (Å²) in [6.45, 7) is 1.67. The molecule has 1 saturated carbocycles. The Balaban J connectivity index is 1.74. The van der Waals surface area contributed by atoms with Crippen molar-refractivity contribution >= 4 is 11.9 Å². The molecule has 6 heteroatoms. The van der Waals surface area contributed by atoms with Crippen molar-refractivity contribution < 1.29 is 14.3 Å². The fourth-order valence-electron chi connectivity index (χ4n) is 1.62. The standard InChI is InChI=1S/C12H15N3O3/c1-8(9-2-3-9)15-11(16)7-18-12(17)10-6-13-4-5-14-10/h4-6,8-9H,2-3,7H2,1H3,(H,15,16)/t8-/m1/s1. The van der Waals surface area contributed by atoms with Crippen molar-refractivity contribution in [2.24, 2.45) is 5.92 Å². The molecule has 2 rings (SSSR count). The van der Waals surface area contributed by atoms with Crippen molar-refractivity contribution in [1.82, 2.24) is 15.3 Å². The van der Waals surface area contributed by atoms with Gasteiger partial charge in [0, 0.05) is 18.4 Å². The van der Waals surface area contributed by atoms with E-state index < -0.39 is 5.97 Å². The van der Waals surface area contributed by atoms with E-state index in [2.05, 4.69) is 15.3 Å². The lowest BCUT2D eigenvalue weighted by Gasteiger charge is -2.12. The minimum atomic E-state index is -0.641. The predicted molar refractivity (Wildman–Crippen MR) is 62.6 cm³/mol. The first kappa shape index (κ1) is 12.5. The van der Waals surface area contributed by atoms with Crippen molar-refractivity contribution in [2.75, 3.05) is 6.61 Å². The van der Waals surface area contributed by atoms with Gasteiger partial charge in [-0.25, -0.2) is 9.78 Å². The Morgan fingerprint density at radius 2 is 2.28 bits per heavy atom. The normalized spacial score (nSPS) is 15.8. The van der Waals surface area contributed by atoms with Gasteiger partial charge in [0.15, 0.2) is 12.3 Å². The number of nitrogens with one attached hydrogen (secondary N) is 1. The van der Waals surface area contributed by atoms with Crippen LogP contribution < -0.4 is 5.32 Å². The molecule has 1 fully saturated rings. The molecule has 6 nitrogen and oxygen atoms in total. The summed E-state index contributed by atoms with van der Waals surface area (Å²) in [5, 5.41) is 2.80. The Bertz CT molecular complexity index is 431. The molecule has 0 bridgehead atoms. The van der Waals surface area contributed by atoms with Crippen molar-refractivity contribution in [3.8, 4) is 0 Å². The highest BCUT2D eigenvalue weighted by Crippen LogP contribution is 2.32. The maximum absolute atomic E-state index is 11.5. The summed E-state index contributed by atoms with van der Waals surface area (Å²) in [4.78, 5) is 30.5. The second kappa shape index (κ2) is 5.57. The molecular formula is C12H15N3O3. The zero-order valence-corrected chi connectivity index (χ0v) is 10.1. The molecule has 1 aliphatic rings. The number of nitrogens with zero attached hydrogens (tertiary/aromatic N) is 2. The van der Waals surface area contributed by atoms with Crippen molar-refractivity contribution in [1.29, 1.82) is 0 Å². The molecule has 18 heavy (non-hydrogen) atoms. The molecule has 1 aromatic rings. The second-order valence-corrected chi connectivity index (χ2v) is 4.36. The summed E-state index contributed by atoms with van der Waals surface area (Å²) < 4.78 is 4.84. The number of hydrogen-bond acceptors (Lipinski definition) is 5. The zero-order valence-electron chi connectivity index (χ0n) is 10.1. The Kier molecular flexibility index (Phi) is 3.86. The molecule has 0 unspecified atom stereocenters. The summed E-state index contributed by atoms with van der Waals surface area (Å²) >= 11 is 0. The Hall–Kier alpha value is -1.98. The quantitative estimate of drug-likeness (QED) is 0.771. The molecule has 1 atom stereocenters. The van der Waals surface area contributed by atoms with Crippen molar-refractivity contribution in [3.05, 3.63) is 24.3 Å². The summed E-state index contributed by atoms with van der Waals surface area (Å²) in [5.74, 6) is -0.353. The minimum Gasteiger partial charge on any atom is -0.451 e. The molecule has 96 valence electrons. The number of amides is 1. The summed E-state index contributed by atoms with van der Waals surface area (Å²) in [6, 6.07) is 0.146. The fraction of sp³-hybridized carbons (Fsp3) is 0.500. The van der Waals surface area contributed by atoms with E-state index in [4.69, 9.17) is 4.74 Å². The van der Waals surface area contributed by atoms with Crippen LogP contribution in [0.1, 0.15) is 30.3 Å². The summed E-state index contributed by atoms with van der Waals surface area (Å²) in [7, 11) is 0. The molecule has 1 N–H and O–H groups in total. The van der Waals surface area contributed by atoms with Gasteiger partial charge in [0.2, 0.25) is 0 Å². The van der Waals surface area contributed by atoms with E-state index in [1.54, 1.807) is 0 Å². The van der Waals surface area contributed by atoms with Gasteiger partial charge in [0.05, 0.1) is 6.20 Å². The molecule has 0 saturated heterocycles. The highest BCUT2D eigenvalue weighted by atomic mass is 16.5. The van der Waals surface area contributed by atoms with Gasteiger partial charge in [-0.1, -0.05) is 0 Å². The number of esters is 1. The van der Waals surface area contributed by atoms with E-state index in [-0.39, 0.29) is 24.2 Å². The summed E-state index contributed by atoms with van der Waals surface area (Å²) in [5.41, 5.74) is 0.0977. The van der Waals surface area contributed by atoms with E-state index in [1.807, 2.05) is 6.92 Å². The Morgan fingerprint density at radius 3 is 2.89 bits per heavy atom. The topological polar surface area (TPSA) is 81.2 Å². The van der Waals surface area contributed by atoms with Gasteiger partial charge in [-0.3, -0.25) is 9.78 Å². The van der Waals surface area contributed by atoms with Crippen LogP contribution in [0.3, 0.4) is 0 Å². The number of rotatable bonds is 5.